The molecule has 1 aliphatic carbocycles. The summed E-state index contributed by atoms with van der Waals surface area (Å²) in [5.74, 6) is -0.339. The third kappa shape index (κ3) is 5.47. The number of methoxy groups -OCH3 is 1. The lowest BCUT2D eigenvalue weighted by Gasteiger charge is -2.28. The topological polar surface area (TPSA) is 129 Å². The summed E-state index contributed by atoms with van der Waals surface area (Å²) in [5.41, 5.74) is 0.574. The van der Waals surface area contributed by atoms with Crippen molar-refractivity contribution in [1.82, 2.24) is 5.32 Å². The van der Waals surface area contributed by atoms with Crippen molar-refractivity contribution in [3.63, 3.8) is 0 Å². The van der Waals surface area contributed by atoms with Crippen LogP contribution in [0.5, 0.6) is 5.75 Å². The number of ether oxygens (including phenoxy) is 2. The van der Waals surface area contributed by atoms with Gasteiger partial charge in [-0.15, -0.1) is 0 Å². The maximum absolute atomic E-state index is 12.8. The van der Waals surface area contributed by atoms with Crippen LogP contribution in [0.1, 0.15) is 25.7 Å². The molecule has 1 aromatic carbocycles. The molecule has 9 heteroatoms. The zero-order valence-electron chi connectivity index (χ0n) is 18.4. The Morgan fingerprint density at radius 3 is 2.59 bits per heavy atom. The second kappa shape index (κ2) is 10.9. The standard InChI is InChI=1S/C23H32N2O7/c1-25-16-9-5-6-10-18(16)32-13-15(23(25)30)24-22(29)21(31-2)20(28)19(27)17(26)12-11-14-7-3-4-8-14/h5-6,9-12,14-15,17,19-21,26-28H,3-4,7-8,13H2,1-2H3,(H,24,29)/t15?,17-,19+,20-,21-/m1/s1. The number of amides is 2. The normalized spacial score (nSPS) is 23.2. The number of carbonyl (C=O) groups is 2. The molecule has 2 aliphatic rings. The fourth-order valence-electron chi connectivity index (χ4n) is 4.13. The lowest BCUT2D eigenvalue weighted by Crippen LogP contribution is -2.56. The molecule has 2 amide bonds. The van der Waals surface area contributed by atoms with Gasteiger partial charge in [0.15, 0.2) is 6.10 Å². The summed E-state index contributed by atoms with van der Waals surface area (Å²) in [6, 6.07) is 5.99. The average Bonchev–Trinajstić information content (AvgIpc) is 3.29. The monoisotopic (exact) mass is 448 g/mol. The number of nitrogens with zero attached hydrogens (tertiary/aromatic N) is 1. The minimum absolute atomic E-state index is 0.103. The first-order chi connectivity index (χ1) is 15.3. The van der Waals surface area contributed by atoms with E-state index in [1.54, 1.807) is 31.3 Å². The van der Waals surface area contributed by atoms with E-state index in [-0.39, 0.29) is 6.61 Å². The van der Waals surface area contributed by atoms with Crippen LogP contribution in [0.3, 0.4) is 0 Å². The summed E-state index contributed by atoms with van der Waals surface area (Å²) in [7, 11) is 2.78. The fraction of sp³-hybridized carbons (Fsp3) is 0.565. The zero-order chi connectivity index (χ0) is 23.3. The number of allylic oxidation sites excluding steroid dienone is 1. The molecule has 4 N–H and O–H groups in total. The first-order valence-electron chi connectivity index (χ1n) is 10.9. The molecule has 9 nitrogen and oxygen atoms in total. The molecule has 176 valence electrons. The molecule has 0 saturated heterocycles. The number of carbonyl (C=O) groups excluding carboxylic acids is 2. The maximum Gasteiger partial charge on any atom is 0.252 e. The number of hydrogen-bond acceptors (Lipinski definition) is 7. The van der Waals surface area contributed by atoms with Crippen LogP contribution in [0.15, 0.2) is 36.4 Å². The smallest absolute Gasteiger partial charge is 0.252 e. The predicted octanol–water partition coefficient (Wildman–Crippen LogP) is 0.371. The van der Waals surface area contributed by atoms with Gasteiger partial charge in [0.1, 0.15) is 36.7 Å². The van der Waals surface area contributed by atoms with Gasteiger partial charge >= 0.3 is 0 Å². The Kier molecular flexibility index (Phi) is 8.25. The Labute approximate surface area is 187 Å². The van der Waals surface area contributed by atoms with Crippen molar-refractivity contribution in [2.45, 2.75) is 56.1 Å². The molecule has 1 unspecified atom stereocenters. The van der Waals surface area contributed by atoms with Crippen molar-refractivity contribution in [2.24, 2.45) is 5.92 Å². The van der Waals surface area contributed by atoms with E-state index < -0.39 is 42.3 Å². The Balaban J connectivity index is 1.62. The van der Waals surface area contributed by atoms with Gasteiger partial charge < -0.3 is 35.0 Å². The third-order valence-electron chi connectivity index (χ3n) is 6.08. The quantitative estimate of drug-likeness (QED) is 0.423. The van der Waals surface area contributed by atoms with Gasteiger partial charge in [-0.2, -0.15) is 0 Å². The average molecular weight is 449 g/mol. The summed E-state index contributed by atoms with van der Waals surface area (Å²) in [6.07, 6.45) is 1.40. The van der Waals surface area contributed by atoms with Crippen LogP contribution in [0, 0.1) is 5.92 Å². The van der Waals surface area contributed by atoms with Gasteiger partial charge in [-0.1, -0.05) is 37.1 Å². The first kappa shape index (κ1) is 24.2. The highest BCUT2D eigenvalue weighted by Crippen LogP contribution is 2.30. The number of aliphatic hydroxyl groups excluding tert-OH is 3. The summed E-state index contributed by atoms with van der Waals surface area (Å²) in [6.45, 7) is -0.103. The van der Waals surface area contributed by atoms with E-state index in [0.717, 1.165) is 25.7 Å². The maximum atomic E-state index is 12.8. The highest BCUT2D eigenvalue weighted by molar-refractivity contribution is 6.01. The van der Waals surface area contributed by atoms with Gasteiger partial charge in [-0.3, -0.25) is 9.59 Å². The molecule has 1 heterocycles. The van der Waals surface area contributed by atoms with Crippen molar-refractivity contribution >= 4 is 17.5 Å². The van der Waals surface area contributed by atoms with Gasteiger partial charge in [-0.25, -0.2) is 0 Å². The van der Waals surface area contributed by atoms with E-state index in [2.05, 4.69) is 5.32 Å². The Morgan fingerprint density at radius 2 is 1.91 bits per heavy atom. The summed E-state index contributed by atoms with van der Waals surface area (Å²) < 4.78 is 10.8. The van der Waals surface area contributed by atoms with Crippen molar-refractivity contribution in [2.75, 3.05) is 25.7 Å². The number of nitrogens with one attached hydrogen (secondary N) is 1. The molecule has 0 bridgehead atoms. The number of hydrogen-bond donors (Lipinski definition) is 4. The number of para-hydroxylation sites is 2. The second-order valence-corrected chi connectivity index (χ2v) is 8.29. The molecule has 1 aromatic rings. The Hall–Kier alpha value is -2.46. The number of aliphatic hydroxyl groups is 3. The number of likely N-dealkylation sites (N-methyl/N-ethyl adjacent to an activating group) is 1. The van der Waals surface area contributed by atoms with Crippen LogP contribution in [0.2, 0.25) is 0 Å². The highest BCUT2D eigenvalue weighted by Gasteiger charge is 2.38. The van der Waals surface area contributed by atoms with Gasteiger partial charge in [0.25, 0.3) is 11.8 Å². The lowest BCUT2D eigenvalue weighted by molar-refractivity contribution is -0.150. The summed E-state index contributed by atoms with van der Waals surface area (Å²) in [4.78, 5) is 27.0. The third-order valence-corrected chi connectivity index (χ3v) is 6.08. The van der Waals surface area contributed by atoms with Crippen LogP contribution in [0.25, 0.3) is 0 Å². The number of rotatable bonds is 8. The number of anilines is 1. The largest absolute Gasteiger partial charge is 0.489 e. The van der Waals surface area contributed by atoms with Gasteiger partial charge in [0, 0.05) is 14.2 Å². The van der Waals surface area contributed by atoms with Crippen molar-refractivity contribution in [3.8, 4) is 5.75 Å². The Bertz CT molecular complexity index is 824. The molecule has 0 aromatic heterocycles. The lowest BCUT2D eigenvalue weighted by atomic mass is 9.99. The van der Waals surface area contributed by atoms with Crippen LogP contribution in [-0.4, -0.2) is 78.4 Å². The van der Waals surface area contributed by atoms with Crippen LogP contribution >= 0.6 is 0 Å². The van der Waals surface area contributed by atoms with E-state index >= 15 is 0 Å². The first-order valence-corrected chi connectivity index (χ1v) is 10.9. The molecular formula is C23H32N2O7. The summed E-state index contributed by atoms with van der Waals surface area (Å²) in [5, 5.41) is 33.6. The highest BCUT2D eigenvalue weighted by atomic mass is 16.5. The van der Waals surface area contributed by atoms with Gasteiger partial charge in [-0.05, 0) is 30.9 Å². The fourth-order valence-corrected chi connectivity index (χ4v) is 4.13. The molecule has 1 saturated carbocycles. The number of benzene rings is 1. The molecular weight excluding hydrogens is 416 g/mol. The summed E-state index contributed by atoms with van der Waals surface area (Å²) >= 11 is 0. The van der Waals surface area contributed by atoms with Gasteiger partial charge in [0.05, 0.1) is 5.69 Å². The molecule has 32 heavy (non-hydrogen) atoms. The molecule has 5 atom stereocenters. The van der Waals surface area contributed by atoms with E-state index in [1.807, 2.05) is 6.08 Å². The van der Waals surface area contributed by atoms with E-state index in [1.165, 1.54) is 18.1 Å². The van der Waals surface area contributed by atoms with Crippen molar-refractivity contribution < 1.29 is 34.4 Å². The predicted molar refractivity (Wildman–Crippen MR) is 117 cm³/mol. The molecule has 0 spiro atoms. The Morgan fingerprint density at radius 1 is 1.22 bits per heavy atom. The van der Waals surface area contributed by atoms with E-state index in [0.29, 0.717) is 17.4 Å². The molecule has 1 aliphatic heterocycles. The van der Waals surface area contributed by atoms with E-state index in [4.69, 9.17) is 9.47 Å². The minimum Gasteiger partial charge on any atom is -0.489 e. The van der Waals surface area contributed by atoms with Crippen LogP contribution in [-0.2, 0) is 14.3 Å². The van der Waals surface area contributed by atoms with Gasteiger partial charge in [0.2, 0.25) is 0 Å². The van der Waals surface area contributed by atoms with Crippen molar-refractivity contribution in [3.05, 3.63) is 36.4 Å². The molecule has 3 rings (SSSR count). The molecule has 0 radical (unpaired) electrons. The minimum atomic E-state index is -1.71. The van der Waals surface area contributed by atoms with E-state index in [9.17, 15) is 24.9 Å². The van der Waals surface area contributed by atoms with Crippen LogP contribution in [0.4, 0.5) is 5.69 Å². The second-order valence-electron chi connectivity index (χ2n) is 8.29. The molecule has 1 fully saturated rings. The van der Waals surface area contributed by atoms with Crippen molar-refractivity contribution in [1.29, 1.82) is 0 Å². The zero-order valence-corrected chi connectivity index (χ0v) is 18.4. The SMILES string of the molecule is CO[C@@H](C(=O)NC1COc2ccccc2N(C)C1=O)[C@H](O)[C@@H](O)[C@H](O)C=CC1CCCC1. The van der Waals surface area contributed by atoms with Crippen LogP contribution < -0.4 is 15.0 Å². The number of fused-ring (bicyclic) bond motifs is 1.